The van der Waals surface area contributed by atoms with Gasteiger partial charge in [-0.25, -0.2) is 0 Å². The average Bonchev–Trinajstić information content (AvgIpc) is 3.03. The molecule has 20 heavy (non-hydrogen) atoms. The van der Waals surface area contributed by atoms with E-state index in [-0.39, 0.29) is 12.0 Å². The van der Waals surface area contributed by atoms with Gasteiger partial charge >= 0.3 is 0 Å². The molecule has 0 spiro atoms. The van der Waals surface area contributed by atoms with Crippen molar-refractivity contribution in [3.8, 4) is 0 Å². The number of hydrogen-bond acceptors (Lipinski definition) is 4. The number of amides is 1. The highest BCUT2D eigenvalue weighted by molar-refractivity contribution is 5.94. The van der Waals surface area contributed by atoms with Crippen LogP contribution in [0.5, 0.6) is 0 Å². The number of benzene rings is 1. The van der Waals surface area contributed by atoms with Crippen molar-refractivity contribution in [1.82, 2.24) is 0 Å². The Hall–Kier alpha value is -1.59. The molecule has 5 nitrogen and oxygen atoms in total. The minimum Gasteiger partial charge on any atom is -0.378 e. The predicted octanol–water partition coefficient (Wildman–Crippen LogP) is 1.64. The lowest BCUT2D eigenvalue weighted by Crippen LogP contribution is -2.36. The number of anilines is 2. The quantitative estimate of drug-likeness (QED) is 0.912. The number of hydrogen-bond donors (Lipinski definition) is 1. The molecular formula is C15H20N2O3. The summed E-state index contributed by atoms with van der Waals surface area (Å²) in [4.78, 5) is 14.2. The van der Waals surface area contributed by atoms with E-state index in [9.17, 15) is 4.79 Å². The van der Waals surface area contributed by atoms with Gasteiger partial charge in [0.2, 0.25) is 0 Å². The van der Waals surface area contributed by atoms with E-state index >= 15 is 0 Å². The number of carbonyl (C=O) groups is 1. The fourth-order valence-electron chi connectivity index (χ4n) is 2.58. The maximum Gasteiger partial charge on any atom is 0.253 e. The first-order valence-corrected chi connectivity index (χ1v) is 7.18. The van der Waals surface area contributed by atoms with E-state index in [0.29, 0.717) is 6.61 Å². The normalized spacial score (nSPS) is 22.8. The van der Waals surface area contributed by atoms with Gasteiger partial charge in [-0.3, -0.25) is 4.79 Å². The largest absolute Gasteiger partial charge is 0.378 e. The van der Waals surface area contributed by atoms with E-state index in [1.807, 2.05) is 24.3 Å². The van der Waals surface area contributed by atoms with Gasteiger partial charge in [-0.2, -0.15) is 0 Å². The Morgan fingerprint density at radius 1 is 1.15 bits per heavy atom. The van der Waals surface area contributed by atoms with Crippen LogP contribution in [0.15, 0.2) is 24.3 Å². The summed E-state index contributed by atoms with van der Waals surface area (Å²) in [5.74, 6) is -0.0402. The van der Waals surface area contributed by atoms with Crippen LogP contribution in [0.4, 0.5) is 11.4 Å². The number of carbonyl (C=O) groups excluding carboxylic acids is 1. The van der Waals surface area contributed by atoms with Crippen molar-refractivity contribution in [3.63, 3.8) is 0 Å². The van der Waals surface area contributed by atoms with Gasteiger partial charge in [0.1, 0.15) is 6.10 Å². The molecule has 2 aliphatic rings. The third-order valence-electron chi connectivity index (χ3n) is 3.73. The fraction of sp³-hybridized carbons (Fsp3) is 0.533. The lowest BCUT2D eigenvalue weighted by molar-refractivity contribution is -0.124. The molecule has 0 saturated carbocycles. The zero-order valence-electron chi connectivity index (χ0n) is 11.5. The predicted molar refractivity (Wildman–Crippen MR) is 77.1 cm³/mol. The monoisotopic (exact) mass is 276 g/mol. The van der Waals surface area contributed by atoms with Gasteiger partial charge in [0.05, 0.1) is 13.2 Å². The number of ether oxygens (including phenoxy) is 2. The van der Waals surface area contributed by atoms with Crippen LogP contribution in [0, 0.1) is 0 Å². The summed E-state index contributed by atoms with van der Waals surface area (Å²) < 4.78 is 10.7. The van der Waals surface area contributed by atoms with Crippen LogP contribution in [-0.2, 0) is 14.3 Å². The maximum atomic E-state index is 11.9. The van der Waals surface area contributed by atoms with Crippen molar-refractivity contribution >= 4 is 17.3 Å². The number of morpholine rings is 1. The second-order valence-electron chi connectivity index (χ2n) is 5.14. The number of nitrogens with one attached hydrogen (secondary N) is 1. The molecule has 1 atom stereocenters. The Bertz CT molecular complexity index is 449. The molecule has 1 aromatic carbocycles. The lowest BCUT2D eigenvalue weighted by Gasteiger charge is -2.28. The van der Waals surface area contributed by atoms with Gasteiger partial charge in [0.25, 0.3) is 5.91 Å². The van der Waals surface area contributed by atoms with Gasteiger partial charge in [-0.15, -0.1) is 0 Å². The van der Waals surface area contributed by atoms with Crippen LogP contribution in [0.2, 0.25) is 0 Å². The van der Waals surface area contributed by atoms with E-state index in [4.69, 9.17) is 9.47 Å². The Kier molecular flexibility index (Phi) is 4.18. The summed E-state index contributed by atoms with van der Waals surface area (Å²) in [6.07, 6.45) is 1.50. The molecule has 0 radical (unpaired) electrons. The van der Waals surface area contributed by atoms with E-state index < -0.39 is 0 Å². The molecule has 0 aromatic heterocycles. The highest BCUT2D eigenvalue weighted by Gasteiger charge is 2.23. The van der Waals surface area contributed by atoms with Crippen LogP contribution in [0.3, 0.4) is 0 Å². The maximum absolute atomic E-state index is 11.9. The summed E-state index contributed by atoms with van der Waals surface area (Å²) in [6.45, 7) is 4.08. The van der Waals surface area contributed by atoms with Gasteiger partial charge in [-0.1, -0.05) is 0 Å². The summed E-state index contributed by atoms with van der Waals surface area (Å²) in [5.41, 5.74) is 1.99. The van der Waals surface area contributed by atoms with Crippen LogP contribution in [-0.4, -0.2) is 44.9 Å². The highest BCUT2D eigenvalue weighted by atomic mass is 16.5. The molecule has 1 unspecified atom stereocenters. The molecule has 3 rings (SSSR count). The summed E-state index contributed by atoms with van der Waals surface area (Å²) >= 11 is 0. The van der Waals surface area contributed by atoms with E-state index in [0.717, 1.165) is 44.8 Å². The molecule has 5 heteroatoms. The van der Waals surface area contributed by atoms with Crippen molar-refractivity contribution in [1.29, 1.82) is 0 Å². The first-order chi connectivity index (χ1) is 9.83. The van der Waals surface area contributed by atoms with Crippen molar-refractivity contribution in [2.24, 2.45) is 0 Å². The third-order valence-corrected chi connectivity index (χ3v) is 3.73. The Morgan fingerprint density at radius 3 is 2.55 bits per heavy atom. The van der Waals surface area contributed by atoms with E-state index in [1.54, 1.807) is 0 Å². The molecule has 2 fully saturated rings. The smallest absolute Gasteiger partial charge is 0.253 e. The Morgan fingerprint density at radius 2 is 1.90 bits per heavy atom. The van der Waals surface area contributed by atoms with Crippen LogP contribution in [0.1, 0.15) is 12.8 Å². The van der Waals surface area contributed by atoms with Gasteiger partial charge in [0.15, 0.2) is 0 Å². The summed E-state index contributed by atoms with van der Waals surface area (Å²) in [7, 11) is 0. The second kappa shape index (κ2) is 6.24. The lowest BCUT2D eigenvalue weighted by atomic mass is 10.2. The SMILES string of the molecule is O=C(Nc1ccc(N2CCOCC2)cc1)C1CCCO1. The Labute approximate surface area is 118 Å². The standard InChI is InChI=1S/C15H20N2O3/c18-15(14-2-1-9-20-14)16-12-3-5-13(6-4-12)17-7-10-19-11-8-17/h3-6,14H,1-2,7-11H2,(H,16,18). The van der Waals surface area contributed by atoms with E-state index in [2.05, 4.69) is 10.2 Å². The molecule has 108 valence electrons. The van der Waals surface area contributed by atoms with Crippen LogP contribution < -0.4 is 10.2 Å². The van der Waals surface area contributed by atoms with Crippen LogP contribution >= 0.6 is 0 Å². The second-order valence-corrected chi connectivity index (χ2v) is 5.14. The first kappa shape index (κ1) is 13.4. The summed E-state index contributed by atoms with van der Waals surface area (Å²) in [5, 5.41) is 2.91. The average molecular weight is 276 g/mol. The van der Waals surface area contributed by atoms with Gasteiger partial charge in [-0.05, 0) is 37.1 Å². The molecule has 1 N–H and O–H groups in total. The molecule has 2 heterocycles. The molecule has 0 aliphatic carbocycles. The Balaban J connectivity index is 1.59. The van der Waals surface area contributed by atoms with Crippen molar-refractivity contribution in [2.45, 2.75) is 18.9 Å². The van der Waals surface area contributed by atoms with Crippen molar-refractivity contribution in [2.75, 3.05) is 43.1 Å². The highest BCUT2D eigenvalue weighted by Crippen LogP contribution is 2.20. The summed E-state index contributed by atoms with van der Waals surface area (Å²) in [6, 6.07) is 7.96. The van der Waals surface area contributed by atoms with Crippen molar-refractivity contribution in [3.05, 3.63) is 24.3 Å². The number of nitrogens with zero attached hydrogens (tertiary/aromatic N) is 1. The zero-order chi connectivity index (χ0) is 13.8. The van der Waals surface area contributed by atoms with E-state index in [1.165, 1.54) is 5.69 Å². The molecular weight excluding hydrogens is 256 g/mol. The van der Waals surface area contributed by atoms with Crippen molar-refractivity contribution < 1.29 is 14.3 Å². The van der Waals surface area contributed by atoms with Gasteiger partial charge in [0, 0.05) is 31.1 Å². The molecule has 1 amide bonds. The minimum absolute atomic E-state index is 0.0402. The zero-order valence-corrected chi connectivity index (χ0v) is 11.5. The van der Waals surface area contributed by atoms with Gasteiger partial charge < -0.3 is 19.7 Å². The third kappa shape index (κ3) is 3.11. The molecule has 2 saturated heterocycles. The first-order valence-electron chi connectivity index (χ1n) is 7.18. The topological polar surface area (TPSA) is 50.8 Å². The number of rotatable bonds is 3. The van der Waals surface area contributed by atoms with Crippen LogP contribution in [0.25, 0.3) is 0 Å². The fourth-order valence-corrected chi connectivity index (χ4v) is 2.58. The molecule has 0 bridgehead atoms. The minimum atomic E-state index is -0.283. The molecule has 1 aromatic rings. The molecule has 2 aliphatic heterocycles.